The monoisotopic (exact) mass is 248 g/mol. The van der Waals surface area contributed by atoms with E-state index in [4.69, 9.17) is 5.73 Å². The molecule has 0 aliphatic rings. The predicted molar refractivity (Wildman–Crippen MR) is 75.1 cm³/mol. The summed E-state index contributed by atoms with van der Waals surface area (Å²) >= 11 is 0. The number of benzene rings is 1. The fourth-order valence-corrected chi connectivity index (χ4v) is 1.85. The second-order valence-electron chi connectivity index (χ2n) is 4.10. The van der Waals surface area contributed by atoms with Crippen molar-refractivity contribution in [2.75, 3.05) is 5.73 Å². The molecule has 3 aromatic rings. The minimum absolute atomic E-state index is 0.459. The molecule has 0 fully saturated rings. The van der Waals surface area contributed by atoms with Crippen molar-refractivity contribution in [3.05, 3.63) is 60.9 Å². The van der Waals surface area contributed by atoms with E-state index in [1.165, 1.54) is 0 Å². The molecule has 0 amide bonds. The van der Waals surface area contributed by atoms with Crippen LogP contribution in [0.2, 0.25) is 0 Å². The number of rotatable bonds is 2. The van der Waals surface area contributed by atoms with Gasteiger partial charge in [-0.1, -0.05) is 30.3 Å². The molecular formula is C15H12N4. The molecule has 4 nitrogen and oxygen atoms in total. The van der Waals surface area contributed by atoms with Crippen LogP contribution in [-0.4, -0.2) is 15.0 Å². The van der Waals surface area contributed by atoms with Crippen LogP contribution in [0.25, 0.3) is 22.6 Å². The molecule has 1 aromatic carbocycles. The zero-order valence-corrected chi connectivity index (χ0v) is 10.2. The second kappa shape index (κ2) is 4.86. The van der Waals surface area contributed by atoms with Crippen molar-refractivity contribution >= 4 is 5.82 Å². The van der Waals surface area contributed by atoms with Crippen molar-refractivity contribution in [3.63, 3.8) is 0 Å². The number of hydrogen-bond donors (Lipinski definition) is 1. The average Bonchev–Trinajstić information content (AvgIpc) is 2.48. The van der Waals surface area contributed by atoms with Gasteiger partial charge in [0.15, 0.2) is 5.82 Å². The Labute approximate surface area is 111 Å². The van der Waals surface area contributed by atoms with Crippen molar-refractivity contribution < 1.29 is 0 Å². The Hall–Kier alpha value is -2.75. The van der Waals surface area contributed by atoms with E-state index in [-0.39, 0.29) is 0 Å². The van der Waals surface area contributed by atoms with Crippen molar-refractivity contribution in [2.45, 2.75) is 0 Å². The third-order valence-electron chi connectivity index (χ3n) is 2.75. The van der Waals surface area contributed by atoms with Crippen molar-refractivity contribution in [1.82, 2.24) is 15.0 Å². The van der Waals surface area contributed by atoms with Crippen molar-refractivity contribution in [3.8, 4) is 22.6 Å². The van der Waals surface area contributed by atoms with Gasteiger partial charge in [-0.3, -0.25) is 4.98 Å². The number of nitrogens with two attached hydrogens (primary N) is 1. The summed E-state index contributed by atoms with van der Waals surface area (Å²) in [4.78, 5) is 12.8. The van der Waals surface area contributed by atoms with Crippen LogP contribution in [0.1, 0.15) is 0 Å². The second-order valence-corrected chi connectivity index (χ2v) is 4.10. The maximum Gasteiger partial charge on any atom is 0.162 e. The summed E-state index contributed by atoms with van der Waals surface area (Å²) in [6.07, 6.45) is 3.42. The van der Waals surface area contributed by atoms with Gasteiger partial charge in [-0.05, 0) is 12.1 Å². The van der Waals surface area contributed by atoms with Gasteiger partial charge >= 0.3 is 0 Å². The van der Waals surface area contributed by atoms with Gasteiger partial charge in [0.25, 0.3) is 0 Å². The molecule has 0 atom stereocenters. The maximum atomic E-state index is 5.87. The molecule has 2 N–H and O–H groups in total. The van der Waals surface area contributed by atoms with Crippen LogP contribution < -0.4 is 5.73 Å². The highest BCUT2D eigenvalue weighted by Crippen LogP contribution is 2.22. The lowest BCUT2D eigenvalue weighted by Gasteiger charge is -2.05. The van der Waals surface area contributed by atoms with Crippen LogP contribution in [0.15, 0.2) is 60.9 Å². The first kappa shape index (κ1) is 11.3. The highest BCUT2D eigenvalue weighted by molar-refractivity contribution is 5.66. The smallest absolute Gasteiger partial charge is 0.162 e. The molecule has 92 valence electrons. The van der Waals surface area contributed by atoms with Gasteiger partial charge in [-0.15, -0.1) is 0 Å². The van der Waals surface area contributed by atoms with Crippen LogP contribution in [0.3, 0.4) is 0 Å². The van der Waals surface area contributed by atoms with Gasteiger partial charge < -0.3 is 5.73 Å². The Morgan fingerprint density at radius 3 is 2.26 bits per heavy atom. The summed E-state index contributed by atoms with van der Waals surface area (Å²) in [5, 5.41) is 0. The lowest BCUT2D eigenvalue weighted by molar-refractivity contribution is 1.18. The van der Waals surface area contributed by atoms with E-state index in [0.717, 1.165) is 16.8 Å². The van der Waals surface area contributed by atoms with E-state index >= 15 is 0 Å². The molecule has 3 rings (SSSR count). The minimum atomic E-state index is 0.459. The lowest BCUT2D eigenvalue weighted by atomic mass is 10.1. The Bertz CT molecular complexity index is 623. The summed E-state index contributed by atoms with van der Waals surface area (Å²) in [7, 11) is 0. The van der Waals surface area contributed by atoms with Gasteiger partial charge in [0.05, 0.1) is 5.69 Å². The normalized spacial score (nSPS) is 10.3. The molecule has 0 aliphatic heterocycles. The van der Waals surface area contributed by atoms with Crippen LogP contribution in [0, 0.1) is 0 Å². The first-order valence-corrected chi connectivity index (χ1v) is 5.93. The number of aromatic nitrogens is 3. The summed E-state index contributed by atoms with van der Waals surface area (Å²) in [5.74, 6) is 1.07. The summed E-state index contributed by atoms with van der Waals surface area (Å²) in [6, 6.07) is 15.4. The summed E-state index contributed by atoms with van der Waals surface area (Å²) in [5.41, 5.74) is 8.61. The summed E-state index contributed by atoms with van der Waals surface area (Å²) < 4.78 is 0. The highest BCUT2D eigenvalue weighted by atomic mass is 14.9. The molecule has 2 aromatic heterocycles. The molecular weight excluding hydrogens is 236 g/mol. The number of pyridine rings is 1. The van der Waals surface area contributed by atoms with E-state index in [9.17, 15) is 0 Å². The molecule has 4 heteroatoms. The summed E-state index contributed by atoms with van der Waals surface area (Å²) in [6.45, 7) is 0. The lowest BCUT2D eigenvalue weighted by Crippen LogP contribution is -1.98. The zero-order chi connectivity index (χ0) is 13.1. The molecule has 0 bridgehead atoms. The zero-order valence-electron chi connectivity index (χ0n) is 10.2. The molecule has 19 heavy (non-hydrogen) atoms. The SMILES string of the molecule is Nc1cc(-c2ccccc2)nc(-c2ccncc2)n1. The largest absolute Gasteiger partial charge is 0.384 e. The first-order valence-electron chi connectivity index (χ1n) is 5.93. The third kappa shape index (κ3) is 2.42. The van der Waals surface area contributed by atoms with Gasteiger partial charge in [0, 0.05) is 29.6 Å². The topological polar surface area (TPSA) is 64.7 Å². The van der Waals surface area contributed by atoms with Gasteiger partial charge in [-0.25, -0.2) is 9.97 Å². The van der Waals surface area contributed by atoms with Crippen molar-refractivity contribution in [2.24, 2.45) is 0 Å². The standard InChI is InChI=1S/C15H12N4/c16-14-10-13(11-4-2-1-3-5-11)18-15(19-14)12-6-8-17-9-7-12/h1-10H,(H2,16,18,19). The first-order chi connectivity index (χ1) is 9.33. The molecule has 2 heterocycles. The van der Waals surface area contributed by atoms with E-state index < -0.39 is 0 Å². The molecule has 0 unspecified atom stereocenters. The van der Waals surface area contributed by atoms with E-state index in [1.54, 1.807) is 18.5 Å². The highest BCUT2D eigenvalue weighted by Gasteiger charge is 2.06. The molecule has 0 aliphatic carbocycles. The molecule has 0 radical (unpaired) electrons. The van der Waals surface area contributed by atoms with Crippen LogP contribution in [0.4, 0.5) is 5.82 Å². The van der Waals surface area contributed by atoms with Gasteiger partial charge in [-0.2, -0.15) is 0 Å². The van der Waals surface area contributed by atoms with Gasteiger partial charge in [0.2, 0.25) is 0 Å². The number of nitrogens with zero attached hydrogens (tertiary/aromatic N) is 3. The van der Waals surface area contributed by atoms with Gasteiger partial charge in [0.1, 0.15) is 5.82 Å². The van der Waals surface area contributed by atoms with Crippen LogP contribution in [-0.2, 0) is 0 Å². The molecule has 0 saturated heterocycles. The average molecular weight is 248 g/mol. The van der Waals surface area contributed by atoms with E-state index in [0.29, 0.717) is 11.6 Å². The Morgan fingerprint density at radius 2 is 1.53 bits per heavy atom. The molecule has 0 spiro atoms. The van der Waals surface area contributed by atoms with E-state index in [2.05, 4.69) is 15.0 Å². The maximum absolute atomic E-state index is 5.87. The van der Waals surface area contributed by atoms with E-state index in [1.807, 2.05) is 42.5 Å². The fraction of sp³-hybridized carbons (Fsp3) is 0. The number of hydrogen-bond acceptors (Lipinski definition) is 4. The van der Waals surface area contributed by atoms with Crippen LogP contribution in [0.5, 0.6) is 0 Å². The fourth-order valence-electron chi connectivity index (χ4n) is 1.85. The molecule has 0 saturated carbocycles. The number of nitrogen functional groups attached to an aromatic ring is 1. The number of anilines is 1. The third-order valence-corrected chi connectivity index (χ3v) is 2.75. The Balaban J connectivity index is 2.12. The Morgan fingerprint density at radius 1 is 0.789 bits per heavy atom. The Kier molecular flexibility index (Phi) is 2.90. The van der Waals surface area contributed by atoms with Crippen molar-refractivity contribution in [1.29, 1.82) is 0 Å². The van der Waals surface area contributed by atoms with Crippen LogP contribution >= 0.6 is 0 Å². The predicted octanol–water partition coefficient (Wildman–Crippen LogP) is 2.79. The quantitative estimate of drug-likeness (QED) is 0.757. The minimum Gasteiger partial charge on any atom is -0.384 e.